The van der Waals surface area contributed by atoms with Crippen LogP contribution in [-0.2, 0) is 14.3 Å². The molecule has 0 radical (unpaired) electrons. The highest BCUT2D eigenvalue weighted by Gasteiger charge is 2.32. The van der Waals surface area contributed by atoms with Gasteiger partial charge in [0.05, 0.1) is 12.7 Å². The second kappa shape index (κ2) is 13.7. The standard InChI is InChI=1S/C23H38O4/c1-4-5-11-18(2)22(25)15-13-20-14-16-23(26)21(20)12-9-7-6-8-10-17-27-19(3)24/h7,9,13,15,18,20-22,25H,4-6,8,10-12,14,16-17H2,1-3H3/t18?,20-,21+,22+/m0/s1. The number of allylic oxidation sites excluding steroid dienone is 3. The highest BCUT2D eigenvalue weighted by Crippen LogP contribution is 2.33. The highest BCUT2D eigenvalue weighted by molar-refractivity contribution is 5.83. The van der Waals surface area contributed by atoms with E-state index in [-0.39, 0.29) is 23.7 Å². The predicted molar refractivity (Wildman–Crippen MR) is 109 cm³/mol. The molecule has 4 atom stereocenters. The van der Waals surface area contributed by atoms with E-state index in [9.17, 15) is 14.7 Å². The summed E-state index contributed by atoms with van der Waals surface area (Å²) in [7, 11) is 0. The van der Waals surface area contributed by atoms with Crippen molar-refractivity contribution in [1.82, 2.24) is 0 Å². The van der Waals surface area contributed by atoms with E-state index in [2.05, 4.69) is 32.1 Å². The number of carbonyl (C=O) groups excluding carboxylic acids is 2. The van der Waals surface area contributed by atoms with Crippen molar-refractivity contribution in [3.63, 3.8) is 0 Å². The van der Waals surface area contributed by atoms with Crippen LogP contribution in [0.15, 0.2) is 24.3 Å². The Morgan fingerprint density at radius 1 is 1.30 bits per heavy atom. The fourth-order valence-corrected chi connectivity index (χ4v) is 3.55. The molecule has 1 N–H and O–H groups in total. The minimum absolute atomic E-state index is 0.0525. The third-order valence-corrected chi connectivity index (χ3v) is 5.43. The van der Waals surface area contributed by atoms with E-state index in [4.69, 9.17) is 4.74 Å². The van der Waals surface area contributed by atoms with Crippen LogP contribution in [0.2, 0.25) is 0 Å². The van der Waals surface area contributed by atoms with Crippen LogP contribution in [0.1, 0.15) is 78.6 Å². The van der Waals surface area contributed by atoms with Gasteiger partial charge in [-0.3, -0.25) is 9.59 Å². The third-order valence-electron chi connectivity index (χ3n) is 5.43. The average Bonchev–Trinajstić information content (AvgIpc) is 2.99. The molecule has 0 heterocycles. The van der Waals surface area contributed by atoms with Crippen molar-refractivity contribution >= 4 is 11.8 Å². The maximum atomic E-state index is 12.2. The SMILES string of the molecule is CCCCC(C)[C@H](O)C=C[C@H]1CCC(=O)[C@@H]1CC=CCCCCOC(C)=O. The van der Waals surface area contributed by atoms with E-state index in [0.717, 1.165) is 51.4 Å². The monoisotopic (exact) mass is 378 g/mol. The molecule has 0 aromatic rings. The van der Waals surface area contributed by atoms with Gasteiger partial charge in [-0.15, -0.1) is 0 Å². The smallest absolute Gasteiger partial charge is 0.302 e. The van der Waals surface area contributed by atoms with Crippen LogP contribution in [0.3, 0.4) is 0 Å². The Balaban J connectivity index is 2.35. The van der Waals surface area contributed by atoms with Gasteiger partial charge in [0.15, 0.2) is 0 Å². The zero-order valence-electron chi connectivity index (χ0n) is 17.4. The summed E-state index contributed by atoms with van der Waals surface area (Å²) < 4.78 is 4.91. The van der Waals surface area contributed by atoms with Crippen molar-refractivity contribution in [1.29, 1.82) is 0 Å². The summed E-state index contributed by atoms with van der Waals surface area (Å²) in [6, 6.07) is 0. The molecular weight excluding hydrogens is 340 g/mol. The number of Topliss-reactive ketones (excluding diaryl/α,β-unsaturated/α-hetero) is 1. The first-order chi connectivity index (χ1) is 13.0. The molecule has 154 valence electrons. The summed E-state index contributed by atoms with van der Waals surface area (Å²) in [5.74, 6) is 0.686. The molecule has 0 aliphatic heterocycles. The largest absolute Gasteiger partial charge is 0.466 e. The van der Waals surface area contributed by atoms with Crippen LogP contribution in [0.25, 0.3) is 0 Å². The van der Waals surface area contributed by atoms with Gasteiger partial charge in [0.1, 0.15) is 5.78 Å². The van der Waals surface area contributed by atoms with Crippen molar-refractivity contribution in [2.24, 2.45) is 17.8 Å². The van der Waals surface area contributed by atoms with Gasteiger partial charge in [0, 0.05) is 19.3 Å². The van der Waals surface area contributed by atoms with Crippen LogP contribution in [-0.4, -0.2) is 29.6 Å². The molecule has 0 saturated heterocycles. The molecule has 0 amide bonds. The van der Waals surface area contributed by atoms with Crippen LogP contribution in [0.4, 0.5) is 0 Å². The first-order valence-electron chi connectivity index (χ1n) is 10.6. The number of hydrogen-bond acceptors (Lipinski definition) is 4. The first kappa shape index (κ1) is 23.6. The molecule has 1 unspecified atom stereocenters. The van der Waals surface area contributed by atoms with E-state index in [1.54, 1.807) is 0 Å². The van der Waals surface area contributed by atoms with Crippen LogP contribution in [0.5, 0.6) is 0 Å². The zero-order valence-corrected chi connectivity index (χ0v) is 17.4. The normalized spacial score (nSPS) is 22.6. The molecule has 0 aromatic heterocycles. The average molecular weight is 379 g/mol. The van der Waals surface area contributed by atoms with Crippen molar-refractivity contribution in [3.05, 3.63) is 24.3 Å². The summed E-state index contributed by atoms with van der Waals surface area (Å²) in [6.07, 6.45) is 16.3. The van der Waals surface area contributed by atoms with E-state index >= 15 is 0 Å². The van der Waals surface area contributed by atoms with E-state index in [1.807, 2.05) is 6.08 Å². The molecule has 0 bridgehead atoms. The summed E-state index contributed by atoms with van der Waals surface area (Å²) in [5.41, 5.74) is 0. The Labute approximate surface area is 165 Å². The Hall–Kier alpha value is -1.42. The van der Waals surface area contributed by atoms with Gasteiger partial charge in [-0.25, -0.2) is 0 Å². The van der Waals surface area contributed by atoms with Gasteiger partial charge in [0.2, 0.25) is 0 Å². The molecule has 1 aliphatic carbocycles. The van der Waals surface area contributed by atoms with Gasteiger partial charge in [0.25, 0.3) is 0 Å². The number of hydrogen-bond donors (Lipinski definition) is 1. The second-order valence-electron chi connectivity index (χ2n) is 7.81. The Morgan fingerprint density at radius 3 is 2.78 bits per heavy atom. The van der Waals surface area contributed by atoms with E-state index in [1.165, 1.54) is 6.92 Å². The quantitative estimate of drug-likeness (QED) is 0.278. The maximum absolute atomic E-state index is 12.2. The molecule has 4 nitrogen and oxygen atoms in total. The van der Waals surface area contributed by atoms with Crippen molar-refractivity contribution in [2.75, 3.05) is 6.61 Å². The summed E-state index contributed by atoms with van der Waals surface area (Å²) in [5, 5.41) is 10.3. The maximum Gasteiger partial charge on any atom is 0.302 e. The molecule has 1 aliphatic rings. The van der Waals surface area contributed by atoms with Gasteiger partial charge < -0.3 is 9.84 Å². The van der Waals surface area contributed by atoms with Gasteiger partial charge >= 0.3 is 5.97 Å². The number of aliphatic hydroxyl groups is 1. The van der Waals surface area contributed by atoms with E-state index in [0.29, 0.717) is 18.8 Å². The molecule has 0 spiro atoms. The topological polar surface area (TPSA) is 63.6 Å². The van der Waals surface area contributed by atoms with E-state index < -0.39 is 6.10 Å². The second-order valence-corrected chi connectivity index (χ2v) is 7.81. The summed E-state index contributed by atoms with van der Waals surface area (Å²) in [4.78, 5) is 22.9. The Kier molecular flexibility index (Phi) is 12.0. The lowest BCUT2D eigenvalue weighted by atomic mass is 9.90. The molecule has 1 rings (SSSR count). The molecular formula is C23H38O4. The first-order valence-corrected chi connectivity index (χ1v) is 10.6. The highest BCUT2D eigenvalue weighted by atomic mass is 16.5. The predicted octanol–water partition coefficient (Wildman–Crippen LogP) is 5.00. The lowest BCUT2D eigenvalue weighted by molar-refractivity contribution is -0.141. The minimum atomic E-state index is -0.416. The van der Waals surface area contributed by atoms with Crippen molar-refractivity contribution in [3.8, 4) is 0 Å². The number of esters is 1. The molecule has 4 heteroatoms. The lowest BCUT2D eigenvalue weighted by Crippen LogP contribution is -2.16. The number of unbranched alkanes of at least 4 members (excludes halogenated alkanes) is 3. The fraction of sp³-hybridized carbons (Fsp3) is 0.739. The number of aliphatic hydroxyl groups excluding tert-OH is 1. The minimum Gasteiger partial charge on any atom is -0.466 e. The molecule has 27 heavy (non-hydrogen) atoms. The Morgan fingerprint density at radius 2 is 2.07 bits per heavy atom. The van der Waals surface area contributed by atoms with Crippen molar-refractivity contribution < 1.29 is 19.4 Å². The van der Waals surface area contributed by atoms with Crippen LogP contribution in [0, 0.1) is 17.8 Å². The van der Waals surface area contributed by atoms with Gasteiger partial charge in [-0.05, 0) is 50.4 Å². The third kappa shape index (κ3) is 9.90. The number of rotatable bonds is 13. The molecule has 1 fully saturated rings. The van der Waals surface area contributed by atoms with Gasteiger partial charge in [-0.1, -0.05) is 51.0 Å². The summed E-state index contributed by atoms with van der Waals surface area (Å²) >= 11 is 0. The Bertz CT molecular complexity index is 495. The number of carbonyl (C=O) groups is 2. The van der Waals surface area contributed by atoms with Crippen LogP contribution >= 0.6 is 0 Å². The number of ether oxygens (including phenoxy) is 1. The fourth-order valence-electron chi connectivity index (χ4n) is 3.55. The summed E-state index contributed by atoms with van der Waals surface area (Å²) in [6.45, 7) is 6.16. The lowest BCUT2D eigenvalue weighted by Gasteiger charge is -2.17. The molecule has 1 saturated carbocycles. The molecule has 0 aromatic carbocycles. The van der Waals surface area contributed by atoms with Gasteiger partial charge in [-0.2, -0.15) is 0 Å². The zero-order chi connectivity index (χ0) is 20.1. The van der Waals surface area contributed by atoms with Crippen molar-refractivity contribution in [2.45, 2.75) is 84.7 Å². The number of ketones is 1. The van der Waals surface area contributed by atoms with Crippen LogP contribution < -0.4 is 0 Å².